The predicted molar refractivity (Wildman–Crippen MR) is 86.2 cm³/mol. The summed E-state index contributed by atoms with van der Waals surface area (Å²) in [5, 5.41) is 9.64. The molecule has 1 aromatic carbocycles. The Morgan fingerprint density at radius 2 is 1.86 bits per heavy atom. The largest absolute Gasteiger partial charge is 0.269 e. The highest BCUT2D eigenvalue weighted by atomic mass is 127. The topological polar surface area (TPSA) is 75.8 Å². The van der Waals surface area contributed by atoms with Gasteiger partial charge in [0.05, 0.1) is 4.90 Å². The third-order valence-corrected chi connectivity index (χ3v) is 5.51. The van der Waals surface area contributed by atoms with Crippen molar-refractivity contribution in [2.24, 2.45) is 0 Å². The fraction of sp³-hybridized carbons (Fsp3) is 0. The van der Waals surface area contributed by atoms with Crippen molar-refractivity contribution in [2.75, 3.05) is 0 Å². The van der Waals surface area contributed by atoms with E-state index in [-0.39, 0.29) is 16.2 Å². The van der Waals surface area contributed by atoms with Crippen LogP contribution >= 0.6 is 22.6 Å². The predicted octanol–water partition coefficient (Wildman–Crippen LogP) is 2.75. The number of benzene rings is 1. The maximum Gasteiger partial charge on any atom is 0.269 e. The molecule has 0 radical (unpaired) electrons. The van der Waals surface area contributed by atoms with E-state index in [0.717, 1.165) is 7.54 Å². The lowest BCUT2D eigenvalue weighted by Gasteiger charge is -2.06. The Morgan fingerprint density at radius 1 is 1.14 bits per heavy atom. The van der Waals surface area contributed by atoms with Crippen LogP contribution in [0.3, 0.4) is 0 Å². The lowest BCUT2D eigenvalue weighted by molar-refractivity contribution is 0.588. The summed E-state index contributed by atoms with van der Waals surface area (Å²) in [5.74, 6) is 0. The van der Waals surface area contributed by atoms with Crippen molar-refractivity contribution in [3.8, 4) is 6.07 Å². The summed E-state index contributed by atoms with van der Waals surface area (Å²) >= 11 is 2.05. The molecule has 0 amide bonds. The highest BCUT2D eigenvalue weighted by Gasteiger charge is 2.21. The quantitative estimate of drug-likeness (QED) is 0.610. The molecule has 0 atom stereocenters. The van der Waals surface area contributed by atoms with Crippen LogP contribution in [0.1, 0.15) is 5.69 Å². The molecule has 104 valence electrons. The van der Waals surface area contributed by atoms with Gasteiger partial charge in [-0.2, -0.15) is 5.26 Å². The maximum absolute atomic E-state index is 12.7. The van der Waals surface area contributed by atoms with Crippen LogP contribution in [0.5, 0.6) is 0 Å². The molecule has 0 aliphatic heterocycles. The summed E-state index contributed by atoms with van der Waals surface area (Å²) < 4.78 is 27.3. The molecule has 0 saturated heterocycles. The van der Waals surface area contributed by atoms with Crippen LogP contribution in [0.2, 0.25) is 0 Å². The van der Waals surface area contributed by atoms with E-state index in [0.29, 0.717) is 5.39 Å². The maximum atomic E-state index is 12.7. The van der Waals surface area contributed by atoms with E-state index in [9.17, 15) is 8.42 Å². The minimum atomic E-state index is -3.73. The third kappa shape index (κ3) is 2.30. The molecule has 0 unspecified atom stereocenters. The fourth-order valence-electron chi connectivity index (χ4n) is 1.99. The van der Waals surface area contributed by atoms with E-state index in [2.05, 4.69) is 27.6 Å². The van der Waals surface area contributed by atoms with Crippen LogP contribution in [0, 0.1) is 14.9 Å². The summed E-state index contributed by atoms with van der Waals surface area (Å²) in [7, 11) is -3.73. The molecule has 0 fully saturated rings. The summed E-state index contributed by atoms with van der Waals surface area (Å²) in [6.07, 6.45) is 1.52. The fourth-order valence-corrected chi connectivity index (χ4v) is 4.22. The Morgan fingerprint density at radius 3 is 2.52 bits per heavy atom. The van der Waals surface area contributed by atoms with Gasteiger partial charge in [-0.25, -0.2) is 17.4 Å². The number of rotatable bonds is 2. The Labute approximate surface area is 135 Å². The van der Waals surface area contributed by atoms with Crippen LogP contribution in [0.15, 0.2) is 53.6 Å². The summed E-state index contributed by atoms with van der Waals surface area (Å²) in [4.78, 5) is 4.31. The van der Waals surface area contributed by atoms with Crippen molar-refractivity contribution in [3.05, 3.63) is 57.9 Å². The number of hydrogen-bond acceptors (Lipinski definition) is 4. The molecule has 2 heterocycles. The van der Waals surface area contributed by atoms with E-state index in [4.69, 9.17) is 5.26 Å². The average molecular weight is 409 g/mol. The Balaban J connectivity index is 2.33. The van der Waals surface area contributed by atoms with Crippen molar-refractivity contribution < 1.29 is 8.42 Å². The molecular weight excluding hydrogens is 401 g/mol. The number of nitriles is 1. The number of pyridine rings is 1. The number of aromatic nitrogens is 2. The van der Waals surface area contributed by atoms with Gasteiger partial charge in [0.15, 0.2) is 5.65 Å². The van der Waals surface area contributed by atoms with Crippen molar-refractivity contribution in [1.82, 2.24) is 8.96 Å². The number of halogens is 1. The Kier molecular flexibility index (Phi) is 3.43. The zero-order chi connectivity index (χ0) is 15.0. The Bertz CT molecular complexity index is 973. The molecule has 0 bridgehead atoms. The number of hydrogen-bond donors (Lipinski definition) is 0. The molecule has 5 nitrogen and oxygen atoms in total. The molecule has 0 aliphatic rings. The van der Waals surface area contributed by atoms with Gasteiger partial charge in [-0.1, -0.05) is 18.2 Å². The lowest BCUT2D eigenvalue weighted by Crippen LogP contribution is -2.12. The van der Waals surface area contributed by atoms with Crippen LogP contribution in [0.25, 0.3) is 11.0 Å². The minimum Gasteiger partial charge on any atom is -0.223 e. The van der Waals surface area contributed by atoms with Crippen molar-refractivity contribution in [3.63, 3.8) is 0 Å². The molecule has 0 aliphatic carbocycles. The zero-order valence-corrected chi connectivity index (χ0v) is 13.5. The SMILES string of the molecule is N#Cc1ccc2c(I)cn(S(=O)(=O)c3ccccc3)c2n1. The summed E-state index contributed by atoms with van der Waals surface area (Å²) in [5.41, 5.74) is 0.448. The summed E-state index contributed by atoms with van der Waals surface area (Å²) in [6, 6.07) is 13.3. The molecule has 3 aromatic rings. The summed E-state index contributed by atoms with van der Waals surface area (Å²) in [6.45, 7) is 0. The first-order valence-corrected chi connectivity index (χ1v) is 8.44. The van der Waals surface area contributed by atoms with Crippen LogP contribution < -0.4 is 0 Å². The van der Waals surface area contributed by atoms with E-state index in [1.54, 1.807) is 30.3 Å². The number of nitrogens with zero attached hydrogens (tertiary/aromatic N) is 3. The van der Waals surface area contributed by atoms with Gasteiger partial charge < -0.3 is 0 Å². The molecule has 0 N–H and O–H groups in total. The molecular formula is C14H8IN3O2S. The zero-order valence-electron chi connectivity index (χ0n) is 10.6. The molecule has 0 saturated carbocycles. The van der Waals surface area contributed by atoms with Gasteiger partial charge in [-0.15, -0.1) is 0 Å². The number of fused-ring (bicyclic) bond motifs is 1. The molecule has 2 aromatic heterocycles. The molecule has 21 heavy (non-hydrogen) atoms. The molecule has 3 rings (SSSR count). The highest BCUT2D eigenvalue weighted by molar-refractivity contribution is 14.1. The van der Waals surface area contributed by atoms with E-state index in [1.165, 1.54) is 18.3 Å². The first-order valence-electron chi connectivity index (χ1n) is 5.92. The standard InChI is InChI=1S/C14H8IN3O2S/c15-13-9-18(14-12(13)7-6-10(8-16)17-14)21(19,20)11-4-2-1-3-5-11/h1-7,9H. The van der Waals surface area contributed by atoms with Gasteiger partial charge in [0.25, 0.3) is 10.0 Å². The van der Waals surface area contributed by atoms with E-state index in [1.807, 2.05) is 6.07 Å². The van der Waals surface area contributed by atoms with Gasteiger partial charge >= 0.3 is 0 Å². The van der Waals surface area contributed by atoms with Gasteiger partial charge in [-0.3, -0.25) is 0 Å². The van der Waals surface area contributed by atoms with Gasteiger partial charge in [-0.05, 0) is 46.9 Å². The van der Waals surface area contributed by atoms with Gasteiger partial charge in [0.1, 0.15) is 11.8 Å². The van der Waals surface area contributed by atoms with Gasteiger partial charge in [0.2, 0.25) is 0 Å². The van der Waals surface area contributed by atoms with Crippen molar-refractivity contribution in [2.45, 2.75) is 4.90 Å². The van der Waals surface area contributed by atoms with Crippen LogP contribution in [-0.4, -0.2) is 17.4 Å². The van der Waals surface area contributed by atoms with Crippen molar-refractivity contribution >= 4 is 43.6 Å². The second kappa shape index (κ2) is 5.13. The first kappa shape index (κ1) is 14.0. The average Bonchev–Trinajstić information content (AvgIpc) is 2.85. The first-order chi connectivity index (χ1) is 10.0. The Hall–Kier alpha value is -1.92. The van der Waals surface area contributed by atoms with E-state index < -0.39 is 10.0 Å². The van der Waals surface area contributed by atoms with Gasteiger partial charge in [0, 0.05) is 15.2 Å². The monoisotopic (exact) mass is 409 g/mol. The van der Waals surface area contributed by atoms with Crippen LogP contribution in [-0.2, 0) is 10.0 Å². The van der Waals surface area contributed by atoms with E-state index >= 15 is 0 Å². The van der Waals surface area contributed by atoms with Crippen molar-refractivity contribution in [1.29, 1.82) is 5.26 Å². The third-order valence-electron chi connectivity index (χ3n) is 2.99. The second-order valence-corrected chi connectivity index (χ2v) is 7.25. The second-order valence-electron chi connectivity index (χ2n) is 4.27. The van der Waals surface area contributed by atoms with Crippen LogP contribution in [0.4, 0.5) is 0 Å². The lowest BCUT2D eigenvalue weighted by atomic mass is 10.3. The molecule has 7 heteroatoms. The normalized spacial score (nSPS) is 11.4. The smallest absolute Gasteiger partial charge is 0.223 e. The molecule has 0 spiro atoms. The highest BCUT2D eigenvalue weighted by Crippen LogP contribution is 2.26. The minimum absolute atomic E-state index is 0.182.